The smallest absolute Gasteiger partial charge is 0.255 e. The van der Waals surface area contributed by atoms with Crippen LogP contribution in [0.4, 0.5) is 5.69 Å². The van der Waals surface area contributed by atoms with Gasteiger partial charge in [-0.2, -0.15) is 0 Å². The van der Waals surface area contributed by atoms with E-state index in [1.807, 2.05) is 61.5 Å². The Bertz CT molecular complexity index is 1440. The van der Waals surface area contributed by atoms with Crippen molar-refractivity contribution in [1.82, 2.24) is 5.32 Å². The maximum Gasteiger partial charge on any atom is 0.255 e. The van der Waals surface area contributed by atoms with Crippen molar-refractivity contribution in [3.8, 4) is 0 Å². The molecule has 6 nitrogen and oxygen atoms in total. The van der Waals surface area contributed by atoms with Crippen LogP contribution in [-0.2, 0) is 16.0 Å². The summed E-state index contributed by atoms with van der Waals surface area (Å²) in [5, 5.41) is 3.35. The van der Waals surface area contributed by atoms with Gasteiger partial charge < -0.3 is 9.73 Å². The van der Waals surface area contributed by atoms with Gasteiger partial charge in [0, 0.05) is 5.69 Å². The number of anilines is 1. The van der Waals surface area contributed by atoms with Crippen molar-refractivity contribution in [2.75, 3.05) is 4.90 Å². The van der Waals surface area contributed by atoms with Crippen molar-refractivity contribution in [2.24, 2.45) is 0 Å². The van der Waals surface area contributed by atoms with E-state index < -0.39 is 11.6 Å². The molecule has 6 heteroatoms. The van der Waals surface area contributed by atoms with Crippen molar-refractivity contribution in [2.45, 2.75) is 31.8 Å². The topological polar surface area (TPSA) is 79.6 Å². The minimum absolute atomic E-state index is 0.132. The fraction of sp³-hybridized carbons (Fsp3) is 0.179. The van der Waals surface area contributed by atoms with Gasteiger partial charge in [0.05, 0.1) is 17.4 Å². The van der Waals surface area contributed by atoms with Gasteiger partial charge in [0.2, 0.25) is 5.91 Å². The lowest BCUT2D eigenvalue weighted by Crippen LogP contribution is -2.75. The average Bonchev–Trinajstić information content (AvgIpc) is 2.84. The summed E-state index contributed by atoms with van der Waals surface area (Å²) in [7, 11) is 0. The minimum Gasteiger partial charge on any atom is -0.464 e. The van der Waals surface area contributed by atoms with E-state index in [9.17, 15) is 14.4 Å². The van der Waals surface area contributed by atoms with Gasteiger partial charge in [0.15, 0.2) is 5.43 Å². The first kappa shape index (κ1) is 21.6. The average molecular weight is 453 g/mol. The third-order valence-electron chi connectivity index (χ3n) is 6.39. The highest BCUT2D eigenvalue weighted by Crippen LogP contribution is 2.45. The van der Waals surface area contributed by atoms with Crippen LogP contribution in [0.25, 0.3) is 11.0 Å². The normalized spacial score (nSPS) is 19.6. The molecule has 170 valence electrons. The lowest BCUT2D eigenvalue weighted by Gasteiger charge is -2.54. The van der Waals surface area contributed by atoms with Gasteiger partial charge in [-0.15, -0.1) is 0 Å². The van der Waals surface area contributed by atoms with Gasteiger partial charge in [0.25, 0.3) is 5.91 Å². The molecule has 5 rings (SSSR count). The van der Waals surface area contributed by atoms with E-state index in [0.29, 0.717) is 22.2 Å². The van der Waals surface area contributed by atoms with Crippen LogP contribution in [0.3, 0.4) is 0 Å². The Morgan fingerprint density at radius 2 is 1.65 bits per heavy atom. The predicted molar refractivity (Wildman–Crippen MR) is 131 cm³/mol. The number of carbonyl (C=O) groups excluding carboxylic acids is 2. The number of benzene rings is 3. The maximum absolute atomic E-state index is 13.5. The van der Waals surface area contributed by atoms with Crippen molar-refractivity contribution in [3.63, 3.8) is 0 Å². The molecular formula is C28H24N2O4. The molecule has 1 N–H and O–H groups in total. The number of rotatable bonds is 5. The van der Waals surface area contributed by atoms with Gasteiger partial charge >= 0.3 is 0 Å². The Morgan fingerprint density at radius 1 is 0.971 bits per heavy atom. The summed E-state index contributed by atoms with van der Waals surface area (Å²) in [6.07, 6.45) is 1.54. The van der Waals surface area contributed by atoms with E-state index in [1.54, 1.807) is 36.1 Å². The second kappa shape index (κ2) is 8.30. The molecule has 1 saturated heterocycles. The molecular weight excluding hydrogens is 428 g/mol. The molecule has 34 heavy (non-hydrogen) atoms. The first-order chi connectivity index (χ1) is 16.4. The van der Waals surface area contributed by atoms with Crippen molar-refractivity contribution >= 4 is 28.5 Å². The number of para-hydroxylation sites is 1. The van der Waals surface area contributed by atoms with Gasteiger partial charge in [0.1, 0.15) is 23.4 Å². The summed E-state index contributed by atoms with van der Waals surface area (Å²) >= 11 is 0. The van der Waals surface area contributed by atoms with Crippen molar-refractivity contribution in [3.05, 3.63) is 112 Å². The van der Waals surface area contributed by atoms with Crippen LogP contribution in [0, 0.1) is 6.92 Å². The van der Waals surface area contributed by atoms with Crippen LogP contribution >= 0.6 is 0 Å². The van der Waals surface area contributed by atoms with E-state index >= 15 is 0 Å². The first-order valence-electron chi connectivity index (χ1n) is 11.1. The number of amides is 2. The number of nitrogens with zero attached hydrogens (tertiary/aromatic N) is 1. The first-order valence-corrected chi connectivity index (χ1v) is 11.1. The third-order valence-corrected chi connectivity index (χ3v) is 6.39. The zero-order valence-electron chi connectivity index (χ0n) is 18.9. The molecule has 2 atom stereocenters. The summed E-state index contributed by atoms with van der Waals surface area (Å²) < 4.78 is 5.76. The number of aryl methyl sites for hydroxylation is 1. The Labute approximate surface area is 196 Å². The molecule has 1 aliphatic heterocycles. The molecule has 4 aromatic rings. The van der Waals surface area contributed by atoms with Crippen molar-refractivity contribution < 1.29 is 14.0 Å². The standard InChI is InChI=1S/C28H24N2O4/c1-18-12-14-20(15-13-18)30-26(22-17-34-23-11-7-6-10-21(23)25(22)32)28(2,27(30)33)29-24(31)16-19-8-4-3-5-9-19/h3-15,17,26H,16H2,1-2H3,(H,29,31). The molecule has 2 amide bonds. The van der Waals surface area contributed by atoms with E-state index in [2.05, 4.69) is 5.32 Å². The number of carbonyl (C=O) groups is 2. The fourth-order valence-electron chi connectivity index (χ4n) is 4.62. The number of fused-ring (bicyclic) bond motifs is 1. The zero-order chi connectivity index (χ0) is 23.9. The lowest BCUT2D eigenvalue weighted by atomic mass is 9.75. The maximum atomic E-state index is 13.5. The Kier molecular flexibility index (Phi) is 5.28. The summed E-state index contributed by atoms with van der Waals surface area (Å²) in [4.78, 5) is 41.5. The van der Waals surface area contributed by atoms with Gasteiger partial charge in [-0.25, -0.2) is 0 Å². The molecule has 0 aliphatic carbocycles. The van der Waals surface area contributed by atoms with E-state index in [1.165, 1.54) is 6.26 Å². The number of hydrogen-bond donors (Lipinski definition) is 1. The van der Waals surface area contributed by atoms with Crippen LogP contribution in [0.15, 0.2) is 94.3 Å². The molecule has 2 unspecified atom stereocenters. The van der Waals surface area contributed by atoms with E-state index in [-0.39, 0.29) is 23.7 Å². The molecule has 3 aromatic carbocycles. The number of nitrogens with one attached hydrogen (secondary N) is 1. The van der Waals surface area contributed by atoms with Gasteiger partial charge in [-0.1, -0.05) is 60.2 Å². The molecule has 0 bridgehead atoms. The van der Waals surface area contributed by atoms with Crippen LogP contribution in [0.1, 0.15) is 29.7 Å². The molecule has 0 saturated carbocycles. The fourth-order valence-corrected chi connectivity index (χ4v) is 4.62. The van der Waals surface area contributed by atoms with E-state index in [0.717, 1.165) is 11.1 Å². The zero-order valence-corrected chi connectivity index (χ0v) is 18.9. The predicted octanol–water partition coefficient (Wildman–Crippen LogP) is 4.31. The van der Waals surface area contributed by atoms with Crippen LogP contribution in [-0.4, -0.2) is 17.4 Å². The molecule has 1 aliphatic rings. The van der Waals surface area contributed by atoms with Gasteiger partial charge in [-0.3, -0.25) is 19.3 Å². The van der Waals surface area contributed by atoms with Crippen LogP contribution in [0.2, 0.25) is 0 Å². The van der Waals surface area contributed by atoms with Crippen molar-refractivity contribution in [1.29, 1.82) is 0 Å². The molecule has 1 fully saturated rings. The monoisotopic (exact) mass is 452 g/mol. The number of hydrogen-bond acceptors (Lipinski definition) is 4. The van der Waals surface area contributed by atoms with Gasteiger partial charge in [-0.05, 0) is 43.7 Å². The minimum atomic E-state index is -1.30. The highest BCUT2D eigenvalue weighted by Gasteiger charge is 2.60. The largest absolute Gasteiger partial charge is 0.464 e. The Hall–Kier alpha value is -4.19. The Morgan fingerprint density at radius 3 is 2.38 bits per heavy atom. The highest BCUT2D eigenvalue weighted by molar-refractivity contribution is 6.11. The quantitative estimate of drug-likeness (QED) is 0.458. The summed E-state index contributed by atoms with van der Waals surface area (Å²) in [6, 6.07) is 23.1. The van der Waals surface area contributed by atoms with Crippen LogP contribution < -0.4 is 15.6 Å². The highest BCUT2D eigenvalue weighted by atomic mass is 16.3. The summed E-state index contributed by atoms with van der Waals surface area (Å²) in [5.74, 6) is -0.573. The SMILES string of the molecule is Cc1ccc(N2C(=O)C(C)(NC(=O)Cc3ccccc3)C2c2coc3ccccc3c2=O)cc1. The Balaban J connectivity index is 1.56. The molecule has 1 aromatic heterocycles. The summed E-state index contributed by atoms with van der Waals surface area (Å²) in [6.45, 7) is 3.63. The number of β-lactam (4-membered cyclic amide) rings is 1. The lowest BCUT2D eigenvalue weighted by molar-refractivity contribution is -0.139. The van der Waals surface area contributed by atoms with Crippen LogP contribution in [0.5, 0.6) is 0 Å². The second-order valence-electron chi connectivity index (χ2n) is 8.84. The van der Waals surface area contributed by atoms with E-state index in [4.69, 9.17) is 4.42 Å². The molecule has 0 spiro atoms. The third kappa shape index (κ3) is 3.57. The molecule has 2 heterocycles. The summed E-state index contributed by atoms with van der Waals surface area (Å²) in [5.41, 5.74) is 1.82. The second-order valence-corrected chi connectivity index (χ2v) is 8.84. The molecule has 0 radical (unpaired) electrons.